The van der Waals surface area contributed by atoms with Crippen molar-refractivity contribution in [1.82, 2.24) is 0 Å². The molecule has 0 saturated carbocycles. The molecule has 0 saturated heterocycles. The van der Waals surface area contributed by atoms with Gasteiger partial charge in [0.15, 0.2) is 8.32 Å². The summed E-state index contributed by atoms with van der Waals surface area (Å²) in [6, 6.07) is 0. The van der Waals surface area contributed by atoms with E-state index in [-0.39, 0.29) is 5.04 Å². The van der Waals surface area contributed by atoms with E-state index in [1.165, 1.54) is 0 Å². The van der Waals surface area contributed by atoms with Crippen molar-refractivity contribution in [3.8, 4) is 0 Å². The highest BCUT2D eigenvalue weighted by Crippen LogP contribution is 2.36. The minimum absolute atomic E-state index is 0.242. The lowest BCUT2D eigenvalue weighted by Gasteiger charge is -2.36. The molecule has 1 atom stereocenters. The molecule has 0 unspecified atom stereocenters. The maximum atomic E-state index is 9.27. The lowest BCUT2D eigenvalue weighted by atomic mass is 10.2. The molecule has 14 heavy (non-hydrogen) atoms. The fourth-order valence-corrected chi connectivity index (χ4v) is 1.83. The highest BCUT2D eigenvalue weighted by Gasteiger charge is 2.36. The van der Waals surface area contributed by atoms with Crippen LogP contribution in [0.5, 0.6) is 0 Å². The zero-order valence-electron chi connectivity index (χ0n) is 10.1. The third-order valence-corrected chi connectivity index (χ3v) is 7.49. The van der Waals surface area contributed by atoms with Gasteiger partial charge in [0, 0.05) is 6.61 Å². The van der Waals surface area contributed by atoms with Crippen molar-refractivity contribution in [1.29, 1.82) is 0 Å². The molecule has 0 spiro atoms. The van der Waals surface area contributed by atoms with Crippen LogP contribution < -0.4 is 0 Å². The normalized spacial score (nSPS) is 15.3. The van der Waals surface area contributed by atoms with E-state index in [4.69, 9.17) is 4.43 Å². The average molecular weight is 216 g/mol. The fourth-order valence-electron chi connectivity index (χ4n) is 0.769. The molecule has 0 aliphatic heterocycles. The SMILES string of the molecule is C=C[C@H](O)CCO[Si](C)(C)C(C)(C)C. The van der Waals surface area contributed by atoms with Crippen LogP contribution in [0.3, 0.4) is 0 Å². The molecule has 0 aromatic rings. The summed E-state index contributed by atoms with van der Waals surface area (Å²) in [5, 5.41) is 9.52. The van der Waals surface area contributed by atoms with Crippen LogP contribution in [0.25, 0.3) is 0 Å². The van der Waals surface area contributed by atoms with Gasteiger partial charge in [-0.2, -0.15) is 0 Å². The molecule has 0 rings (SSSR count). The highest BCUT2D eigenvalue weighted by molar-refractivity contribution is 6.74. The number of hydrogen-bond acceptors (Lipinski definition) is 2. The van der Waals surface area contributed by atoms with Crippen molar-refractivity contribution in [2.24, 2.45) is 0 Å². The Morgan fingerprint density at radius 3 is 2.29 bits per heavy atom. The molecule has 2 nitrogen and oxygen atoms in total. The van der Waals surface area contributed by atoms with Crippen LogP contribution in [-0.4, -0.2) is 26.1 Å². The molecule has 1 N–H and O–H groups in total. The van der Waals surface area contributed by atoms with E-state index in [0.29, 0.717) is 13.0 Å². The second-order valence-electron chi connectivity index (χ2n) is 5.20. The van der Waals surface area contributed by atoms with Gasteiger partial charge in [-0.1, -0.05) is 26.8 Å². The summed E-state index contributed by atoms with van der Waals surface area (Å²) in [6.07, 6.45) is 1.77. The van der Waals surface area contributed by atoms with Gasteiger partial charge in [-0.15, -0.1) is 6.58 Å². The standard InChI is InChI=1S/C11H24O2Si/c1-7-10(12)8-9-13-14(5,6)11(2,3)4/h7,10,12H,1,8-9H2,2-6H3/t10-/m0/s1. The van der Waals surface area contributed by atoms with Gasteiger partial charge < -0.3 is 9.53 Å². The lowest BCUT2D eigenvalue weighted by Crippen LogP contribution is -2.41. The number of aliphatic hydroxyl groups is 1. The summed E-state index contributed by atoms with van der Waals surface area (Å²) in [5.74, 6) is 0. The smallest absolute Gasteiger partial charge is 0.191 e. The quantitative estimate of drug-likeness (QED) is 0.565. The molecule has 0 radical (unpaired) electrons. The van der Waals surface area contributed by atoms with Crippen LogP contribution in [0.15, 0.2) is 12.7 Å². The Labute approximate surface area is 89.1 Å². The maximum Gasteiger partial charge on any atom is 0.191 e. The highest BCUT2D eigenvalue weighted by atomic mass is 28.4. The second kappa shape index (κ2) is 5.10. The lowest BCUT2D eigenvalue weighted by molar-refractivity contribution is 0.172. The molecule has 0 amide bonds. The Balaban J connectivity index is 3.95. The molecule has 0 heterocycles. The third kappa shape index (κ3) is 4.40. The van der Waals surface area contributed by atoms with Gasteiger partial charge in [0.05, 0.1) is 6.10 Å². The Hall–Kier alpha value is -0.123. The molecule has 0 aliphatic carbocycles. The van der Waals surface area contributed by atoms with Crippen molar-refractivity contribution in [3.05, 3.63) is 12.7 Å². The third-order valence-electron chi connectivity index (χ3n) is 2.95. The predicted octanol–water partition coefficient (Wildman–Crippen LogP) is 2.95. The van der Waals surface area contributed by atoms with Crippen LogP contribution in [0, 0.1) is 0 Å². The monoisotopic (exact) mass is 216 g/mol. The second-order valence-corrected chi connectivity index (χ2v) is 10.0. The molecule has 0 bridgehead atoms. The van der Waals surface area contributed by atoms with E-state index in [2.05, 4.69) is 40.4 Å². The topological polar surface area (TPSA) is 29.5 Å². The van der Waals surface area contributed by atoms with E-state index in [0.717, 1.165) is 0 Å². The first-order chi connectivity index (χ1) is 6.20. The minimum atomic E-state index is -1.63. The molecule has 3 heteroatoms. The Kier molecular flexibility index (Phi) is 5.05. The van der Waals surface area contributed by atoms with E-state index >= 15 is 0 Å². The molecule has 84 valence electrons. The van der Waals surface area contributed by atoms with Gasteiger partial charge >= 0.3 is 0 Å². The van der Waals surface area contributed by atoms with Crippen molar-refractivity contribution in [3.63, 3.8) is 0 Å². The molecular formula is C11H24O2Si. The van der Waals surface area contributed by atoms with Gasteiger partial charge in [0.25, 0.3) is 0 Å². The van der Waals surface area contributed by atoms with Gasteiger partial charge in [-0.3, -0.25) is 0 Å². The fraction of sp³-hybridized carbons (Fsp3) is 0.818. The van der Waals surface area contributed by atoms with Crippen LogP contribution in [0.1, 0.15) is 27.2 Å². The number of aliphatic hydroxyl groups excluding tert-OH is 1. The van der Waals surface area contributed by atoms with E-state index in [1.54, 1.807) is 6.08 Å². The van der Waals surface area contributed by atoms with Crippen molar-refractivity contribution >= 4 is 8.32 Å². The molecule has 0 fully saturated rings. The first-order valence-electron chi connectivity index (χ1n) is 5.15. The number of hydrogen-bond donors (Lipinski definition) is 1. The van der Waals surface area contributed by atoms with Gasteiger partial charge in [0.1, 0.15) is 0 Å². The van der Waals surface area contributed by atoms with Crippen molar-refractivity contribution in [2.45, 2.75) is 51.4 Å². The summed E-state index contributed by atoms with van der Waals surface area (Å²) in [6.45, 7) is 15.2. The minimum Gasteiger partial charge on any atom is -0.417 e. The van der Waals surface area contributed by atoms with Crippen LogP contribution in [0.2, 0.25) is 18.1 Å². The number of rotatable bonds is 5. The van der Waals surface area contributed by atoms with Crippen LogP contribution in [-0.2, 0) is 4.43 Å². The van der Waals surface area contributed by atoms with E-state index < -0.39 is 14.4 Å². The summed E-state index contributed by atoms with van der Waals surface area (Å²) in [4.78, 5) is 0. The van der Waals surface area contributed by atoms with Crippen molar-refractivity contribution in [2.75, 3.05) is 6.61 Å². The average Bonchev–Trinajstić information content (AvgIpc) is 2.01. The Morgan fingerprint density at radius 1 is 1.43 bits per heavy atom. The summed E-state index contributed by atoms with van der Waals surface area (Å²) >= 11 is 0. The first-order valence-corrected chi connectivity index (χ1v) is 8.06. The van der Waals surface area contributed by atoms with E-state index in [9.17, 15) is 5.11 Å². The summed E-state index contributed by atoms with van der Waals surface area (Å²) in [5.41, 5.74) is 0. The van der Waals surface area contributed by atoms with Gasteiger partial charge in [-0.05, 0) is 24.6 Å². The van der Waals surface area contributed by atoms with E-state index in [1.807, 2.05) is 0 Å². The zero-order valence-corrected chi connectivity index (χ0v) is 11.1. The predicted molar refractivity (Wildman–Crippen MR) is 64.0 cm³/mol. The largest absolute Gasteiger partial charge is 0.417 e. The maximum absolute atomic E-state index is 9.27. The molecule has 0 aliphatic rings. The van der Waals surface area contributed by atoms with Crippen LogP contribution in [0.4, 0.5) is 0 Å². The molecule has 0 aromatic heterocycles. The van der Waals surface area contributed by atoms with Gasteiger partial charge in [0.2, 0.25) is 0 Å². The Bertz CT molecular complexity index is 182. The molecular weight excluding hydrogens is 192 g/mol. The zero-order chi connectivity index (χ0) is 11.4. The Morgan fingerprint density at radius 2 is 1.93 bits per heavy atom. The van der Waals surface area contributed by atoms with Crippen LogP contribution >= 0.6 is 0 Å². The summed E-state index contributed by atoms with van der Waals surface area (Å²) < 4.78 is 5.90. The van der Waals surface area contributed by atoms with Crippen molar-refractivity contribution < 1.29 is 9.53 Å². The first kappa shape index (κ1) is 13.9. The van der Waals surface area contributed by atoms with Gasteiger partial charge in [-0.25, -0.2) is 0 Å². The molecule has 0 aromatic carbocycles. The summed E-state index contributed by atoms with van der Waals surface area (Å²) in [7, 11) is -1.63.